The zero-order valence-corrected chi connectivity index (χ0v) is 17.2. The number of aryl methyl sites for hydroxylation is 1. The van der Waals surface area contributed by atoms with E-state index in [0.717, 1.165) is 13.2 Å². The van der Waals surface area contributed by atoms with Gasteiger partial charge in [-0.2, -0.15) is 22.8 Å². The Kier molecular flexibility index (Phi) is 6.14. The number of rotatable bonds is 4. The second kappa shape index (κ2) is 8.54. The number of methoxy groups -OCH3 is 1. The smallest absolute Gasteiger partial charge is 0.419 e. The molecule has 0 amide bonds. The van der Waals surface area contributed by atoms with E-state index in [1.165, 1.54) is 13.8 Å². The summed E-state index contributed by atoms with van der Waals surface area (Å²) in [6.07, 6.45) is -5.11. The van der Waals surface area contributed by atoms with Crippen LogP contribution in [-0.2, 0) is 6.18 Å². The first-order valence-corrected chi connectivity index (χ1v) is 9.15. The van der Waals surface area contributed by atoms with Crippen molar-refractivity contribution in [3.8, 4) is 34.6 Å². The Morgan fingerprint density at radius 2 is 1.70 bits per heavy atom. The van der Waals surface area contributed by atoms with Crippen molar-refractivity contribution in [1.82, 2.24) is 4.98 Å². The lowest BCUT2D eigenvalue weighted by molar-refractivity contribution is -0.140. The van der Waals surface area contributed by atoms with Gasteiger partial charge in [0.2, 0.25) is 17.0 Å². The van der Waals surface area contributed by atoms with Crippen molar-refractivity contribution < 1.29 is 35.8 Å². The summed E-state index contributed by atoms with van der Waals surface area (Å²) in [5.74, 6) is -6.27. The fourth-order valence-corrected chi connectivity index (χ4v) is 3.17. The predicted molar refractivity (Wildman–Crippen MR) is 105 cm³/mol. The molecule has 0 spiro atoms. The van der Waals surface area contributed by atoms with E-state index in [4.69, 9.17) is 14.7 Å². The van der Waals surface area contributed by atoms with Crippen LogP contribution in [-0.4, -0.2) is 12.1 Å². The van der Waals surface area contributed by atoms with Crippen LogP contribution in [0.4, 0.5) is 26.3 Å². The maximum atomic E-state index is 14.4. The molecule has 0 saturated carbocycles. The van der Waals surface area contributed by atoms with E-state index in [2.05, 4.69) is 4.98 Å². The van der Waals surface area contributed by atoms with E-state index in [9.17, 15) is 31.1 Å². The van der Waals surface area contributed by atoms with Gasteiger partial charge < -0.3 is 14.5 Å². The number of nitrogens with one attached hydrogen (secondary N) is 1. The summed E-state index contributed by atoms with van der Waals surface area (Å²) in [5, 5.41) is 9.15. The van der Waals surface area contributed by atoms with Gasteiger partial charge in [0.25, 0.3) is 0 Å². The summed E-state index contributed by atoms with van der Waals surface area (Å²) in [6, 6.07) is 4.12. The zero-order valence-electron chi connectivity index (χ0n) is 17.2. The van der Waals surface area contributed by atoms with E-state index < -0.39 is 51.9 Å². The zero-order chi connectivity index (χ0) is 24.7. The van der Waals surface area contributed by atoms with E-state index >= 15 is 0 Å². The third-order valence-corrected chi connectivity index (χ3v) is 4.82. The van der Waals surface area contributed by atoms with Crippen LogP contribution in [0.25, 0.3) is 11.3 Å². The lowest BCUT2D eigenvalue weighted by atomic mass is 10.00. The Balaban J connectivity index is 2.34. The van der Waals surface area contributed by atoms with Crippen molar-refractivity contribution in [3.63, 3.8) is 0 Å². The van der Waals surface area contributed by atoms with Gasteiger partial charge in [0.1, 0.15) is 23.2 Å². The first kappa shape index (κ1) is 23.7. The number of hydrogen-bond acceptors (Lipinski definition) is 4. The van der Waals surface area contributed by atoms with Crippen molar-refractivity contribution in [2.24, 2.45) is 0 Å². The molecule has 0 aliphatic rings. The molecule has 5 nitrogen and oxygen atoms in total. The van der Waals surface area contributed by atoms with Crippen molar-refractivity contribution in [2.75, 3.05) is 7.11 Å². The molecule has 3 rings (SSSR count). The Bertz CT molecular complexity index is 1360. The molecule has 3 aromatic rings. The third kappa shape index (κ3) is 4.24. The SMILES string of the molecule is COc1c(Oc2cc(C(F)(F)F)c(F)cc2-c2[nH]c(C)c(C#N)c(=O)c2C)ccc(F)c1F. The molecule has 172 valence electrons. The molecule has 0 atom stereocenters. The highest BCUT2D eigenvalue weighted by Crippen LogP contribution is 2.43. The molecular formula is C22H14F6N2O3. The summed E-state index contributed by atoms with van der Waals surface area (Å²) in [4.78, 5) is 15.2. The minimum Gasteiger partial charge on any atom is -0.490 e. The highest BCUT2D eigenvalue weighted by atomic mass is 19.4. The second-order valence-electron chi connectivity index (χ2n) is 6.89. The van der Waals surface area contributed by atoms with E-state index in [1.54, 1.807) is 6.07 Å². The van der Waals surface area contributed by atoms with Crippen LogP contribution in [0.5, 0.6) is 17.2 Å². The number of halogens is 6. The number of alkyl halides is 3. The Morgan fingerprint density at radius 3 is 2.27 bits per heavy atom. The number of nitrogens with zero attached hydrogens (tertiary/aromatic N) is 1. The molecule has 11 heteroatoms. The van der Waals surface area contributed by atoms with Gasteiger partial charge >= 0.3 is 6.18 Å². The number of pyridine rings is 1. The van der Waals surface area contributed by atoms with E-state index in [-0.39, 0.29) is 28.1 Å². The summed E-state index contributed by atoms with van der Waals surface area (Å²) in [5.41, 5.74) is -3.10. The first-order valence-electron chi connectivity index (χ1n) is 9.15. The molecule has 0 unspecified atom stereocenters. The fraction of sp³-hybridized carbons (Fsp3) is 0.182. The van der Waals surface area contributed by atoms with E-state index in [1.807, 2.05) is 0 Å². The maximum absolute atomic E-state index is 14.4. The molecule has 1 aromatic heterocycles. The number of aromatic amines is 1. The average Bonchev–Trinajstić information content (AvgIpc) is 2.74. The van der Waals surface area contributed by atoms with Crippen LogP contribution in [0.2, 0.25) is 0 Å². The van der Waals surface area contributed by atoms with Gasteiger partial charge in [-0.3, -0.25) is 4.79 Å². The minimum atomic E-state index is -5.11. The molecule has 33 heavy (non-hydrogen) atoms. The van der Waals surface area contributed by atoms with Crippen molar-refractivity contribution >= 4 is 0 Å². The molecule has 2 aromatic carbocycles. The molecule has 0 aliphatic carbocycles. The van der Waals surface area contributed by atoms with Gasteiger partial charge in [-0.25, -0.2) is 8.78 Å². The predicted octanol–water partition coefficient (Wildman–Crippen LogP) is 5.77. The summed E-state index contributed by atoms with van der Waals surface area (Å²) >= 11 is 0. The molecule has 0 bridgehead atoms. The standard InChI is InChI=1S/C22H14F6N2O3/c1-9-19(30-10(2)12(8-29)20(9)31)11-6-15(24)13(22(26,27)28)7-17(11)33-16-5-4-14(23)18(25)21(16)32-3/h4-7H,1-3H3,(H,30,31). The van der Waals surface area contributed by atoms with Crippen LogP contribution in [0.1, 0.15) is 22.4 Å². The van der Waals surface area contributed by atoms with Gasteiger partial charge in [0, 0.05) is 16.8 Å². The van der Waals surface area contributed by atoms with Crippen LogP contribution < -0.4 is 14.9 Å². The van der Waals surface area contributed by atoms with Crippen LogP contribution >= 0.6 is 0 Å². The maximum Gasteiger partial charge on any atom is 0.419 e. The van der Waals surface area contributed by atoms with Crippen LogP contribution in [0, 0.1) is 42.6 Å². The minimum absolute atomic E-state index is 0.0831. The number of aromatic nitrogens is 1. The lowest BCUT2D eigenvalue weighted by Gasteiger charge is -2.18. The molecule has 0 fully saturated rings. The van der Waals surface area contributed by atoms with Gasteiger partial charge in [-0.15, -0.1) is 0 Å². The van der Waals surface area contributed by atoms with Crippen molar-refractivity contribution in [1.29, 1.82) is 5.26 Å². The molecular weight excluding hydrogens is 454 g/mol. The van der Waals surface area contributed by atoms with Crippen LogP contribution in [0.3, 0.4) is 0 Å². The highest BCUT2D eigenvalue weighted by Gasteiger charge is 2.36. The Labute approximate surface area is 182 Å². The normalized spacial score (nSPS) is 11.3. The van der Waals surface area contributed by atoms with Gasteiger partial charge in [0.15, 0.2) is 11.6 Å². The van der Waals surface area contributed by atoms with E-state index in [0.29, 0.717) is 18.2 Å². The molecule has 0 saturated heterocycles. The summed E-state index contributed by atoms with van der Waals surface area (Å²) in [7, 11) is 0.989. The quantitative estimate of drug-likeness (QED) is 0.494. The number of ether oxygens (including phenoxy) is 2. The molecule has 1 heterocycles. The Hall–Kier alpha value is -3.94. The largest absolute Gasteiger partial charge is 0.490 e. The fourth-order valence-electron chi connectivity index (χ4n) is 3.17. The van der Waals surface area contributed by atoms with Gasteiger partial charge in [0.05, 0.1) is 18.4 Å². The number of benzene rings is 2. The van der Waals surface area contributed by atoms with Gasteiger partial charge in [-0.1, -0.05) is 0 Å². The summed E-state index contributed by atoms with van der Waals surface area (Å²) < 4.78 is 92.3. The molecule has 1 N–H and O–H groups in total. The monoisotopic (exact) mass is 468 g/mol. The average molecular weight is 468 g/mol. The molecule has 0 aliphatic heterocycles. The van der Waals surface area contributed by atoms with Crippen LogP contribution in [0.15, 0.2) is 29.1 Å². The summed E-state index contributed by atoms with van der Waals surface area (Å²) in [6.45, 7) is 2.66. The first-order chi connectivity index (χ1) is 15.4. The second-order valence-corrected chi connectivity index (χ2v) is 6.89. The van der Waals surface area contributed by atoms with Crippen molar-refractivity contribution in [2.45, 2.75) is 20.0 Å². The number of nitriles is 1. The number of H-pyrrole nitrogens is 1. The lowest BCUT2D eigenvalue weighted by Crippen LogP contribution is -2.16. The van der Waals surface area contributed by atoms with Crippen molar-refractivity contribution in [3.05, 3.63) is 74.3 Å². The topological polar surface area (TPSA) is 75.1 Å². The number of hydrogen-bond donors (Lipinski definition) is 1. The highest BCUT2D eigenvalue weighted by molar-refractivity contribution is 5.72. The third-order valence-electron chi connectivity index (χ3n) is 4.82. The molecule has 0 radical (unpaired) electrons. The van der Waals surface area contributed by atoms with Gasteiger partial charge in [-0.05, 0) is 38.1 Å². The Morgan fingerprint density at radius 1 is 1.03 bits per heavy atom.